The molecule has 0 atom stereocenters. The van der Waals surface area contributed by atoms with E-state index in [1.165, 1.54) is 0 Å². The van der Waals surface area contributed by atoms with Crippen LogP contribution in [-0.4, -0.2) is 12.4 Å². The molecule has 0 aromatic carbocycles. The van der Waals surface area contributed by atoms with Crippen molar-refractivity contribution in [1.29, 1.82) is 0 Å². The van der Waals surface area contributed by atoms with Gasteiger partial charge in [0, 0.05) is 0 Å². The summed E-state index contributed by atoms with van der Waals surface area (Å²) in [7, 11) is 0. The van der Waals surface area contributed by atoms with Crippen molar-refractivity contribution in [3.8, 4) is 0 Å². The third kappa shape index (κ3) is 9.49. The van der Waals surface area contributed by atoms with Crippen molar-refractivity contribution in [3.63, 3.8) is 0 Å². The highest BCUT2D eigenvalue weighted by Gasteiger charge is 2.41. The Morgan fingerprint density at radius 2 is 0.846 bits per heavy atom. The standard InChI is InChI=1S/C16H16F6.2C2H6/c1-5-9-11(13(7-3)15(17,18)19)12(10-6-2)14(8-4)16(20,21)22;2*1-2/h5-10H,1-2H2,3-4H3;2*1-2H3/b11-9-,12-10-,13-7+,14-8+;;. The fraction of sp³-hybridized carbons (Fsp3) is 0.400. The maximum Gasteiger partial charge on any atom is 0.416 e. The van der Waals surface area contributed by atoms with E-state index in [-0.39, 0.29) is 0 Å². The van der Waals surface area contributed by atoms with Crippen LogP contribution in [0.5, 0.6) is 0 Å². The average molecular weight is 382 g/mol. The molecule has 0 saturated carbocycles. The van der Waals surface area contributed by atoms with Gasteiger partial charge in [0.1, 0.15) is 0 Å². The molecule has 0 amide bonds. The van der Waals surface area contributed by atoms with Gasteiger partial charge in [-0.3, -0.25) is 0 Å². The summed E-state index contributed by atoms with van der Waals surface area (Å²) in [6, 6.07) is 0. The second-order valence-corrected chi connectivity index (χ2v) is 4.03. The van der Waals surface area contributed by atoms with Gasteiger partial charge in [0.05, 0.1) is 11.1 Å². The first-order valence-electron chi connectivity index (χ1n) is 8.18. The zero-order valence-electron chi connectivity index (χ0n) is 16.1. The van der Waals surface area contributed by atoms with Gasteiger partial charge in [-0.1, -0.05) is 77.3 Å². The van der Waals surface area contributed by atoms with Gasteiger partial charge in [0.15, 0.2) is 0 Å². The molecule has 0 heterocycles. The van der Waals surface area contributed by atoms with Crippen LogP contribution in [0, 0.1) is 0 Å². The molecule has 0 aliphatic heterocycles. The Morgan fingerprint density at radius 3 is 0.962 bits per heavy atom. The molecule has 150 valence electrons. The minimum Gasteiger partial charge on any atom is -0.166 e. The first-order chi connectivity index (χ1) is 12.0. The summed E-state index contributed by atoms with van der Waals surface area (Å²) < 4.78 is 78.4. The third-order valence-electron chi connectivity index (χ3n) is 2.63. The normalized spacial score (nSPS) is 13.8. The molecule has 0 N–H and O–H groups in total. The van der Waals surface area contributed by atoms with Crippen molar-refractivity contribution in [1.82, 2.24) is 0 Å². The molecule has 0 radical (unpaired) electrons. The first kappa shape index (κ1) is 28.8. The number of alkyl halides is 6. The van der Waals surface area contributed by atoms with Gasteiger partial charge >= 0.3 is 12.4 Å². The molecule has 0 nitrogen and oxygen atoms in total. The lowest BCUT2D eigenvalue weighted by Gasteiger charge is -2.21. The molecule has 6 heteroatoms. The summed E-state index contributed by atoms with van der Waals surface area (Å²) in [6.07, 6.45) is -4.36. The zero-order valence-corrected chi connectivity index (χ0v) is 16.1. The van der Waals surface area contributed by atoms with Crippen LogP contribution in [0.15, 0.2) is 71.9 Å². The van der Waals surface area contributed by atoms with Gasteiger partial charge < -0.3 is 0 Å². The largest absolute Gasteiger partial charge is 0.416 e. The van der Waals surface area contributed by atoms with Crippen LogP contribution in [0.2, 0.25) is 0 Å². The van der Waals surface area contributed by atoms with Crippen molar-refractivity contribution >= 4 is 0 Å². The van der Waals surface area contributed by atoms with Crippen LogP contribution in [0.4, 0.5) is 26.3 Å². The lowest BCUT2D eigenvalue weighted by atomic mass is 9.90. The Bertz CT molecular complexity index is 488. The summed E-state index contributed by atoms with van der Waals surface area (Å²) in [5, 5.41) is 0. The SMILES string of the molecule is C=C/C=C(C(=C/C=C)/C(=C\C)C(F)(F)F)\C(=C/C)C(F)(F)F.CC.CC. The smallest absolute Gasteiger partial charge is 0.166 e. The first-order valence-corrected chi connectivity index (χ1v) is 8.18. The molecule has 0 aliphatic carbocycles. The molecule has 0 aromatic heterocycles. The predicted molar refractivity (Wildman–Crippen MR) is 98.9 cm³/mol. The van der Waals surface area contributed by atoms with Crippen LogP contribution in [0.25, 0.3) is 0 Å². The van der Waals surface area contributed by atoms with Crippen LogP contribution in [0.3, 0.4) is 0 Å². The summed E-state index contributed by atoms with van der Waals surface area (Å²) in [4.78, 5) is 0. The highest BCUT2D eigenvalue weighted by molar-refractivity contribution is 5.60. The molecule has 0 bridgehead atoms. The van der Waals surface area contributed by atoms with Gasteiger partial charge in [0.2, 0.25) is 0 Å². The predicted octanol–water partition coefficient (Wildman–Crippen LogP) is 8.28. The summed E-state index contributed by atoms with van der Waals surface area (Å²) in [5.41, 5.74) is -3.58. The van der Waals surface area contributed by atoms with Gasteiger partial charge in [-0.05, 0) is 25.0 Å². The van der Waals surface area contributed by atoms with Crippen LogP contribution < -0.4 is 0 Å². The fourth-order valence-electron chi connectivity index (χ4n) is 1.83. The number of halogens is 6. The van der Waals surface area contributed by atoms with Crippen molar-refractivity contribution in [3.05, 3.63) is 71.9 Å². The number of hydrogen-bond acceptors (Lipinski definition) is 0. The number of allylic oxidation sites excluding steroid dienone is 10. The van der Waals surface area contributed by atoms with Crippen LogP contribution in [-0.2, 0) is 0 Å². The van der Waals surface area contributed by atoms with E-state index >= 15 is 0 Å². The molecule has 0 fully saturated rings. The minimum absolute atomic E-state index is 0.615. The second-order valence-electron chi connectivity index (χ2n) is 4.03. The fourth-order valence-corrected chi connectivity index (χ4v) is 1.83. The van der Waals surface area contributed by atoms with E-state index in [4.69, 9.17) is 0 Å². The number of hydrogen-bond donors (Lipinski definition) is 0. The topological polar surface area (TPSA) is 0 Å². The molecule has 0 aliphatic rings. The lowest BCUT2D eigenvalue weighted by Crippen LogP contribution is -2.20. The van der Waals surface area contributed by atoms with Crippen molar-refractivity contribution in [2.45, 2.75) is 53.9 Å². The van der Waals surface area contributed by atoms with Gasteiger partial charge in [-0.25, -0.2) is 0 Å². The summed E-state index contributed by atoms with van der Waals surface area (Å²) in [6.45, 7) is 16.7. The van der Waals surface area contributed by atoms with Gasteiger partial charge in [0.25, 0.3) is 0 Å². The van der Waals surface area contributed by atoms with E-state index in [0.717, 1.165) is 50.3 Å². The minimum atomic E-state index is -4.80. The van der Waals surface area contributed by atoms with Gasteiger partial charge in [-0.2, -0.15) is 26.3 Å². The molecule has 26 heavy (non-hydrogen) atoms. The van der Waals surface area contributed by atoms with Gasteiger partial charge in [-0.15, -0.1) is 0 Å². The Kier molecular flexibility index (Phi) is 15.8. The van der Waals surface area contributed by atoms with E-state index in [1.54, 1.807) is 0 Å². The van der Waals surface area contributed by atoms with Crippen molar-refractivity contribution < 1.29 is 26.3 Å². The highest BCUT2D eigenvalue weighted by Crippen LogP contribution is 2.41. The quantitative estimate of drug-likeness (QED) is 0.331. The van der Waals surface area contributed by atoms with E-state index in [2.05, 4.69) is 13.2 Å². The maximum absolute atomic E-state index is 13.1. The number of rotatable bonds is 5. The Balaban J connectivity index is -0.00000123. The zero-order chi connectivity index (χ0) is 21.6. The molecule has 0 rings (SSSR count). The molecule has 0 spiro atoms. The molecular weight excluding hydrogens is 354 g/mol. The second kappa shape index (κ2) is 14.2. The van der Waals surface area contributed by atoms with Crippen LogP contribution >= 0.6 is 0 Å². The highest BCUT2D eigenvalue weighted by atomic mass is 19.4. The summed E-state index contributed by atoms with van der Waals surface area (Å²) in [5.74, 6) is 0. The Morgan fingerprint density at radius 1 is 0.615 bits per heavy atom. The average Bonchev–Trinajstić information content (AvgIpc) is 2.56. The third-order valence-corrected chi connectivity index (χ3v) is 2.63. The van der Waals surface area contributed by atoms with Crippen LogP contribution in [0.1, 0.15) is 41.5 Å². The maximum atomic E-state index is 13.1. The Hall–Kier alpha value is -1.98. The molecule has 0 unspecified atom stereocenters. The van der Waals surface area contributed by atoms with Crippen molar-refractivity contribution in [2.75, 3.05) is 0 Å². The molecule has 0 saturated heterocycles. The molecule has 0 aromatic rings. The van der Waals surface area contributed by atoms with E-state index in [0.29, 0.717) is 0 Å². The summed E-state index contributed by atoms with van der Waals surface area (Å²) >= 11 is 0. The molecular formula is C20H28F6. The van der Waals surface area contributed by atoms with Crippen molar-refractivity contribution in [2.24, 2.45) is 0 Å². The van der Waals surface area contributed by atoms with E-state index in [9.17, 15) is 26.3 Å². The van der Waals surface area contributed by atoms with E-state index in [1.807, 2.05) is 27.7 Å². The lowest BCUT2D eigenvalue weighted by molar-refractivity contribution is -0.0930. The monoisotopic (exact) mass is 382 g/mol. The Labute approximate surface area is 153 Å². The van der Waals surface area contributed by atoms with E-state index < -0.39 is 34.6 Å².